The Morgan fingerprint density at radius 2 is 0.725 bits per heavy atom. The summed E-state index contributed by atoms with van der Waals surface area (Å²) in [5, 5.41) is 57.5. The molecule has 1 heterocycles. The van der Waals surface area contributed by atoms with Gasteiger partial charge in [0.05, 0.1) is 25.4 Å². The van der Waals surface area contributed by atoms with Crippen LogP contribution in [0.1, 0.15) is 412 Å². The van der Waals surface area contributed by atoms with Crippen molar-refractivity contribution in [3.05, 3.63) is 24.3 Å². The van der Waals surface area contributed by atoms with Crippen molar-refractivity contribution >= 4 is 11.9 Å². The Bertz CT molecular complexity index is 1580. The number of hydrogen-bond acceptors (Lipinski definition) is 10. The van der Waals surface area contributed by atoms with Crippen molar-refractivity contribution in [3.63, 3.8) is 0 Å². The molecule has 6 N–H and O–H groups in total. The van der Waals surface area contributed by atoms with Crippen molar-refractivity contribution in [3.8, 4) is 0 Å². The summed E-state index contributed by atoms with van der Waals surface area (Å²) in [6, 6.07) is -1.02. The number of unbranched alkanes of at least 4 members (excludes halogenated alkanes) is 55. The molecule has 0 aliphatic carbocycles. The molecule has 0 radical (unpaired) electrons. The Balaban J connectivity index is 2.50. The van der Waals surface area contributed by atoms with Gasteiger partial charge in [0.15, 0.2) is 12.4 Å². The summed E-state index contributed by atoms with van der Waals surface area (Å²) in [4.78, 5) is 26.8. The van der Waals surface area contributed by atoms with Crippen molar-refractivity contribution in [2.24, 2.45) is 0 Å². The predicted octanol–water partition coefficient (Wildman–Crippen LogP) is 21.5. The molecule has 11 nitrogen and oxygen atoms in total. The second-order valence-electron chi connectivity index (χ2n) is 28.2. The Hall–Kier alpha value is -1.86. The topological polar surface area (TPSA) is 175 Å². The lowest BCUT2D eigenvalue weighted by Crippen LogP contribution is -2.61. The highest BCUT2D eigenvalue weighted by atomic mass is 16.7. The van der Waals surface area contributed by atoms with Gasteiger partial charge in [-0.15, -0.1) is 0 Å². The highest BCUT2D eigenvalue weighted by molar-refractivity contribution is 5.80. The van der Waals surface area contributed by atoms with Gasteiger partial charge in [-0.3, -0.25) is 9.59 Å². The van der Waals surface area contributed by atoms with Gasteiger partial charge in [0.1, 0.15) is 24.4 Å². The van der Waals surface area contributed by atoms with Crippen molar-refractivity contribution < 1.29 is 49.3 Å². The third-order valence-corrected chi connectivity index (χ3v) is 19.4. The van der Waals surface area contributed by atoms with Gasteiger partial charge in [0, 0.05) is 6.42 Å². The Morgan fingerprint density at radius 3 is 1.07 bits per heavy atom. The van der Waals surface area contributed by atoms with Gasteiger partial charge in [-0.2, -0.15) is 0 Å². The summed E-state index contributed by atoms with van der Waals surface area (Å²) in [5.41, 5.74) is 0. The minimum atomic E-state index is -1.61. The molecule has 91 heavy (non-hydrogen) atoms. The molecular weight excluding hydrogens is 1130 g/mol. The number of amides is 1. The lowest BCUT2D eigenvalue weighted by atomic mass is 9.99. The fraction of sp³-hybridized carbons (Fsp3) is 0.925. The van der Waals surface area contributed by atoms with Crippen molar-refractivity contribution in [2.45, 2.75) is 461 Å². The SMILES string of the molecule is CCCCCCCC/C=C/CCCCCCCCCCCCCCCCCCC(O)C(=O)NC(COC1OC(CO)C(O)C(O)C1OC(=O)CCCCCCCCCCCCCCCCCCCCCCCCC)C(O)/C=C/CCCCCCCCCCCCC. The van der Waals surface area contributed by atoms with Crippen LogP contribution in [0.3, 0.4) is 0 Å². The predicted molar refractivity (Wildman–Crippen MR) is 384 cm³/mol. The molecule has 1 saturated heterocycles. The molecule has 0 bridgehead atoms. The fourth-order valence-electron chi connectivity index (χ4n) is 13.1. The number of aliphatic hydroxyl groups excluding tert-OH is 5. The van der Waals surface area contributed by atoms with E-state index in [9.17, 15) is 35.1 Å². The highest BCUT2D eigenvalue weighted by Crippen LogP contribution is 2.27. The van der Waals surface area contributed by atoms with Crippen LogP contribution in [0.15, 0.2) is 24.3 Å². The second-order valence-corrected chi connectivity index (χ2v) is 28.2. The molecule has 0 saturated carbocycles. The zero-order valence-electron chi connectivity index (χ0n) is 60.3. The van der Waals surface area contributed by atoms with E-state index in [4.69, 9.17) is 14.2 Å². The average molecular weight is 1290 g/mol. The van der Waals surface area contributed by atoms with E-state index >= 15 is 0 Å². The van der Waals surface area contributed by atoms with Gasteiger partial charge in [-0.1, -0.05) is 379 Å². The van der Waals surface area contributed by atoms with E-state index in [1.807, 2.05) is 6.08 Å². The maximum atomic E-state index is 13.5. The molecule has 1 amide bonds. The molecule has 1 aliphatic rings. The summed E-state index contributed by atoms with van der Waals surface area (Å²) >= 11 is 0. The van der Waals surface area contributed by atoms with Crippen LogP contribution in [-0.4, -0.2) is 99.6 Å². The first-order chi connectivity index (χ1) is 44.7. The average Bonchev–Trinajstić information content (AvgIpc) is 0.969. The molecule has 0 spiro atoms. The molecule has 0 aromatic carbocycles. The molecule has 1 aliphatic heterocycles. The monoisotopic (exact) mass is 1290 g/mol. The van der Waals surface area contributed by atoms with Gasteiger partial charge in [0.25, 0.3) is 0 Å². The molecule has 0 aromatic heterocycles. The number of esters is 1. The van der Waals surface area contributed by atoms with Crippen LogP contribution < -0.4 is 5.32 Å². The van der Waals surface area contributed by atoms with Gasteiger partial charge >= 0.3 is 5.97 Å². The lowest BCUT2D eigenvalue weighted by molar-refractivity contribution is -0.305. The summed E-state index contributed by atoms with van der Waals surface area (Å²) in [6.45, 7) is 5.88. The van der Waals surface area contributed by atoms with E-state index in [1.165, 1.54) is 308 Å². The Kier molecular flexibility index (Phi) is 65.2. The molecule has 1 fully saturated rings. The van der Waals surface area contributed by atoms with Gasteiger partial charge in [-0.05, 0) is 51.4 Å². The molecule has 8 atom stereocenters. The third-order valence-electron chi connectivity index (χ3n) is 19.4. The van der Waals surface area contributed by atoms with Gasteiger partial charge in [-0.25, -0.2) is 0 Å². The van der Waals surface area contributed by atoms with Crippen molar-refractivity contribution in [2.75, 3.05) is 13.2 Å². The zero-order chi connectivity index (χ0) is 66.0. The molecular formula is C80H153NO10. The molecule has 1 rings (SSSR count). The minimum absolute atomic E-state index is 0.131. The standard InChI is InChI=1S/C80H153NO10/c1-4-7-10-13-16-19-22-25-27-29-31-33-35-36-37-39-40-42-44-46-49-52-55-58-61-64-67-73(84)79(88)81-71(72(83)66-63-60-57-54-51-48-24-21-18-15-12-9-6-3)70-89-80-78(77(87)76(86)74(69-82)90-80)91-75(85)68-65-62-59-56-53-50-47-45-43-41-38-34-32-30-28-26-23-20-17-14-11-8-5-2/h25,27,63,66,71-74,76-78,80,82-84,86-87H,4-24,26,28-62,64-65,67-70H2,1-3H3,(H,81,88)/b27-25+,66-63+. The summed E-state index contributed by atoms with van der Waals surface area (Å²) in [7, 11) is 0. The minimum Gasteiger partial charge on any atom is -0.454 e. The van der Waals surface area contributed by atoms with Crippen LogP contribution >= 0.6 is 0 Å². The molecule has 0 aromatic rings. The molecule has 538 valence electrons. The van der Waals surface area contributed by atoms with Crippen LogP contribution in [0.25, 0.3) is 0 Å². The number of aliphatic hydroxyl groups is 5. The number of hydrogen-bond donors (Lipinski definition) is 6. The summed E-state index contributed by atoms with van der Waals surface area (Å²) in [6.07, 6.45) is 73.8. The largest absolute Gasteiger partial charge is 0.454 e. The maximum absolute atomic E-state index is 13.5. The lowest BCUT2D eigenvalue weighted by Gasteiger charge is -2.41. The van der Waals surface area contributed by atoms with Crippen molar-refractivity contribution in [1.29, 1.82) is 0 Å². The summed E-state index contributed by atoms with van der Waals surface area (Å²) < 4.78 is 17.8. The number of rotatable bonds is 71. The van der Waals surface area contributed by atoms with E-state index < -0.39 is 67.4 Å². The smallest absolute Gasteiger partial charge is 0.306 e. The number of carbonyl (C=O) groups is 2. The van der Waals surface area contributed by atoms with E-state index in [1.54, 1.807) is 6.08 Å². The Morgan fingerprint density at radius 1 is 0.418 bits per heavy atom. The number of ether oxygens (including phenoxy) is 3. The van der Waals surface area contributed by atoms with Gasteiger partial charge in [0.2, 0.25) is 5.91 Å². The quantitative estimate of drug-likeness (QED) is 0.0195. The first kappa shape index (κ1) is 87.2. The van der Waals surface area contributed by atoms with Crippen LogP contribution in [0.5, 0.6) is 0 Å². The normalized spacial score (nSPS) is 18.0. The van der Waals surface area contributed by atoms with E-state index in [0.29, 0.717) is 19.3 Å². The molecule has 8 unspecified atom stereocenters. The first-order valence-corrected chi connectivity index (χ1v) is 40.1. The molecule has 11 heteroatoms. The van der Waals surface area contributed by atoms with E-state index in [-0.39, 0.29) is 13.0 Å². The Labute approximate surface area is 562 Å². The van der Waals surface area contributed by atoms with E-state index in [0.717, 1.165) is 57.8 Å². The fourth-order valence-corrected chi connectivity index (χ4v) is 13.1. The highest BCUT2D eigenvalue weighted by Gasteiger charge is 2.47. The van der Waals surface area contributed by atoms with Crippen molar-refractivity contribution in [1.82, 2.24) is 5.32 Å². The van der Waals surface area contributed by atoms with Gasteiger partial charge < -0.3 is 45.1 Å². The summed E-state index contributed by atoms with van der Waals surface area (Å²) in [5.74, 6) is -1.17. The van der Waals surface area contributed by atoms with Crippen LogP contribution in [0.4, 0.5) is 0 Å². The van der Waals surface area contributed by atoms with Crippen LogP contribution in [-0.2, 0) is 23.8 Å². The van der Waals surface area contributed by atoms with Crippen LogP contribution in [0, 0.1) is 0 Å². The second kappa shape index (κ2) is 68.1. The third kappa shape index (κ3) is 54.9. The van der Waals surface area contributed by atoms with E-state index in [2.05, 4.69) is 38.2 Å². The first-order valence-electron chi connectivity index (χ1n) is 40.1. The number of nitrogens with one attached hydrogen (secondary N) is 1. The van der Waals surface area contributed by atoms with Crippen LogP contribution in [0.2, 0.25) is 0 Å². The number of carbonyl (C=O) groups excluding carboxylic acids is 2. The zero-order valence-corrected chi connectivity index (χ0v) is 60.3. The maximum Gasteiger partial charge on any atom is 0.306 e. The number of allylic oxidation sites excluding steroid dienone is 3.